The lowest BCUT2D eigenvalue weighted by atomic mass is 10.1. The Labute approximate surface area is 115 Å². The summed E-state index contributed by atoms with van der Waals surface area (Å²) in [5, 5.41) is 9.32. The van der Waals surface area contributed by atoms with Crippen LogP contribution >= 0.6 is 11.7 Å². The van der Waals surface area contributed by atoms with Crippen LogP contribution in [0.4, 0.5) is 5.82 Å². The number of fused-ring (bicyclic) bond motifs is 1. The van der Waals surface area contributed by atoms with E-state index in [2.05, 4.69) is 24.7 Å². The normalized spacial score (nSPS) is 15.5. The zero-order valence-corrected chi connectivity index (χ0v) is 11.4. The van der Waals surface area contributed by atoms with Gasteiger partial charge in [-0.2, -0.15) is 19.0 Å². The summed E-state index contributed by atoms with van der Waals surface area (Å²) in [6.07, 6.45) is 3.56. The smallest absolute Gasteiger partial charge is 0.234 e. The van der Waals surface area contributed by atoms with Crippen molar-refractivity contribution in [1.29, 1.82) is 5.26 Å². The quantitative estimate of drug-likeness (QED) is 0.833. The van der Waals surface area contributed by atoms with E-state index in [4.69, 9.17) is 4.74 Å². The van der Waals surface area contributed by atoms with E-state index in [-0.39, 0.29) is 0 Å². The van der Waals surface area contributed by atoms with Crippen LogP contribution in [0.1, 0.15) is 24.8 Å². The van der Waals surface area contributed by atoms with Gasteiger partial charge in [-0.3, -0.25) is 0 Å². The molecular weight excluding hydrogens is 262 g/mol. The summed E-state index contributed by atoms with van der Waals surface area (Å²) in [5.41, 5.74) is 1.16. The highest BCUT2D eigenvalue weighted by Crippen LogP contribution is 2.38. The maximum atomic E-state index is 9.32. The molecule has 19 heavy (non-hydrogen) atoms. The monoisotopic (exact) mass is 275 g/mol. The van der Waals surface area contributed by atoms with Crippen LogP contribution in [0.2, 0.25) is 0 Å². The Kier molecular flexibility index (Phi) is 3.17. The molecule has 0 aromatic heterocycles. The van der Waals surface area contributed by atoms with Gasteiger partial charge in [-0.1, -0.05) is 0 Å². The van der Waals surface area contributed by atoms with E-state index in [9.17, 15) is 5.26 Å². The van der Waals surface area contributed by atoms with Gasteiger partial charge in [0.2, 0.25) is 5.88 Å². The summed E-state index contributed by atoms with van der Waals surface area (Å²) in [5.74, 6) is 1.71. The third-order valence-electron chi connectivity index (χ3n) is 3.33. The number of aromatic nitrogens is 3. The molecule has 0 unspecified atom stereocenters. The topological polar surface area (TPSA) is 74.9 Å². The second-order valence-electron chi connectivity index (χ2n) is 4.44. The van der Waals surface area contributed by atoms with Crippen molar-refractivity contribution in [2.24, 2.45) is 0 Å². The first kappa shape index (κ1) is 12.1. The van der Waals surface area contributed by atoms with E-state index in [1.165, 1.54) is 13.5 Å². The minimum Gasteiger partial charge on any atom is -0.480 e. The van der Waals surface area contributed by atoms with Crippen molar-refractivity contribution in [3.8, 4) is 23.3 Å². The molecule has 0 aromatic carbocycles. The standard InChI is InChI=1S/C12H13N5OS/c1-18-12-8(7-13)9-10(14-12)15-19-16-11(9)17-5-3-2-4-6-17/h2-6H2,1H3. The Morgan fingerprint density at radius 2 is 2.05 bits per heavy atom. The molecule has 1 fully saturated rings. The lowest BCUT2D eigenvalue weighted by Crippen LogP contribution is -2.30. The van der Waals surface area contributed by atoms with E-state index in [0.29, 0.717) is 17.3 Å². The number of methoxy groups -OCH3 is 1. The minimum absolute atomic E-state index is 0.337. The molecule has 98 valence electrons. The molecule has 0 N–H and O–H groups in total. The van der Waals surface area contributed by atoms with Crippen LogP contribution < -0.4 is 9.64 Å². The molecule has 0 aromatic rings. The third kappa shape index (κ3) is 1.98. The lowest BCUT2D eigenvalue weighted by Gasteiger charge is -2.28. The zero-order chi connectivity index (χ0) is 13.2. The molecule has 3 aliphatic rings. The Balaban J connectivity index is 2.14. The first-order valence-electron chi connectivity index (χ1n) is 6.20. The van der Waals surface area contributed by atoms with Crippen molar-refractivity contribution < 1.29 is 4.74 Å². The zero-order valence-electron chi connectivity index (χ0n) is 10.6. The number of rotatable bonds is 2. The fourth-order valence-corrected chi connectivity index (χ4v) is 2.96. The highest BCUT2D eigenvalue weighted by molar-refractivity contribution is 6.99. The number of nitrogens with zero attached hydrogens (tertiary/aromatic N) is 5. The van der Waals surface area contributed by atoms with Crippen molar-refractivity contribution in [2.45, 2.75) is 19.3 Å². The van der Waals surface area contributed by atoms with Gasteiger partial charge in [0.1, 0.15) is 11.6 Å². The fraction of sp³-hybridized carbons (Fsp3) is 0.500. The first-order chi connectivity index (χ1) is 9.35. The van der Waals surface area contributed by atoms with Gasteiger partial charge >= 0.3 is 0 Å². The number of anilines is 1. The molecule has 0 amide bonds. The van der Waals surface area contributed by atoms with Crippen LogP contribution in [0.15, 0.2) is 0 Å². The van der Waals surface area contributed by atoms with Gasteiger partial charge in [-0.25, -0.2) is 0 Å². The molecule has 0 saturated carbocycles. The highest BCUT2D eigenvalue weighted by atomic mass is 32.1. The third-order valence-corrected chi connectivity index (χ3v) is 3.84. The summed E-state index contributed by atoms with van der Waals surface area (Å²) >= 11 is 1.13. The maximum absolute atomic E-state index is 9.32. The lowest BCUT2D eigenvalue weighted by molar-refractivity contribution is 0.400. The SMILES string of the molecule is COc1nc2nsnc(N3CCCCC3)c-2c1C#N. The molecule has 0 radical (unpaired) electrons. The van der Waals surface area contributed by atoms with E-state index >= 15 is 0 Å². The molecule has 3 aliphatic heterocycles. The second-order valence-corrected chi connectivity index (χ2v) is 4.97. The Morgan fingerprint density at radius 3 is 2.74 bits per heavy atom. The van der Waals surface area contributed by atoms with Crippen molar-refractivity contribution in [2.75, 3.05) is 25.1 Å². The summed E-state index contributed by atoms with van der Waals surface area (Å²) in [6, 6.07) is 2.16. The summed E-state index contributed by atoms with van der Waals surface area (Å²) in [6.45, 7) is 1.94. The molecule has 6 nitrogen and oxygen atoms in total. The van der Waals surface area contributed by atoms with Gasteiger partial charge in [0.15, 0.2) is 11.6 Å². The average Bonchev–Trinajstić information content (AvgIpc) is 2.85. The predicted molar refractivity (Wildman–Crippen MR) is 71.7 cm³/mol. The summed E-state index contributed by atoms with van der Waals surface area (Å²) in [4.78, 5) is 6.46. The van der Waals surface area contributed by atoms with Crippen LogP contribution in [0, 0.1) is 11.3 Å². The number of piperidine rings is 1. The van der Waals surface area contributed by atoms with E-state index in [0.717, 1.165) is 49.0 Å². The van der Waals surface area contributed by atoms with Gasteiger partial charge < -0.3 is 9.64 Å². The minimum atomic E-state index is 0.337. The predicted octanol–water partition coefficient (Wildman–Crippen LogP) is 1.91. The highest BCUT2D eigenvalue weighted by Gasteiger charge is 2.28. The molecule has 1 saturated heterocycles. The fourth-order valence-electron chi connectivity index (χ4n) is 2.42. The van der Waals surface area contributed by atoms with Gasteiger partial charge in [0.05, 0.1) is 24.4 Å². The number of nitriles is 1. The molecule has 0 spiro atoms. The number of ether oxygens (including phenoxy) is 1. The van der Waals surface area contributed by atoms with E-state index in [1.54, 1.807) is 0 Å². The number of hydrogen-bond acceptors (Lipinski definition) is 7. The van der Waals surface area contributed by atoms with Gasteiger partial charge in [0, 0.05) is 13.1 Å². The largest absolute Gasteiger partial charge is 0.480 e. The molecule has 0 aliphatic carbocycles. The van der Waals surface area contributed by atoms with Crippen molar-refractivity contribution in [3.05, 3.63) is 5.56 Å². The van der Waals surface area contributed by atoms with Gasteiger partial charge in [0.25, 0.3) is 0 Å². The number of hydrogen-bond donors (Lipinski definition) is 0. The van der Waals surface area contributed by atoms with Gasteiger partial charge in [-0.05, 0) is 19.3 Å². The Hall–Kier alpha value is -1.94. The Bertz CT molecular complexity index is 599. The second kappa shape index (κ2) is 4.97. The van der Waals surface area contributed by atoms with Gasteiger partial charge in [-0.15, -0.1) is 0 Å². The molecule has 0 atom stereocenters. The average molecular weight is 275 g/mol. The molecule has 7 heteroatoms. The molecular formula is C12H13N5OS. The van der Waals surface area contributed by atoms with Crippen LogP contribution in [-0.4, -0.2) is 33.9 Å². The molecule has 0 bridgehead atoms. The summed E-state index contributed by atoms with van der Waals surface area (Å²) in [7, 11) is 1.51. The Morgan fingerprint density at radius 1 is 1.26 bits per heavy atom. The molecule has 3 rings (SSSR count). The molecule has 3 heterocycles. The van der Waals surface area contributed by atoms with Crippen molar-refractivity contribution in [3.63, 3.8) is 0 Å². The van der Waals surface area contributed by atoms with Crippen molar-refractivity contribution in [1.82, 2.24) is 13.7 Å². The van der Waals surface area contributed by atoms with Crippen LogP contribution in [0.5, 0.6) is 5.88 Å². The summed E-state index contributed by atoms with van der Waals surface area (Å²) < 4.78 is 13.7. The van der Waals surface area contributed by atoms with Crippen molar-refractivity contribution >= 4 is 17.5 Å². The van der Waals surface area contributed by atoms with Crippen LogP contribution in [-0.2, 0) is 0 Å². The van der Waals surface area contributed by atoms with Crippen LogP contribution in [0.3, 0.4) is 0 Å². The van der Waals surface area contributed by atoms with Crippen LogP contribution in [0.25, 0.3) is 11.4 Å². The van der Waals surface area contributed by atoms with E-state index < -0.39 is 0 Å². The maximum Gasteiger partial charge on any atom is 0.234 e. The first-order valence-corrected chi connectivity index (χ1v) is 6.93. The van der Waals surface area contributed by atoms with E-state index in [1.807, 2.05) is 0 Å².